The number of halogens is 1. The van der Waals surface area contributed by atoms with Gasteiger partial charge >= 0.3 is 0 Å². The molecule has 5 rings (SSSR count). The van der Waals surface area contributed by atoms with Gasteiger partial charge in [0.1, 0.15) is 11.6 Å². The van der Waals surface area contributed by atoms with Crippen LogP contribution in [0.2, 0.25) is 0 Å². The summed E-state index contributed by atoms with van der Waals surface area (Å²) >= 11 is 3.01. The lowest BCUT2D eigenvalue weighted by Gasteiger charge is -2.08. The Morgan fingerprint density at radius 1 is 1.11 bits per heavy atom. The van der Waals surface area contributed by atoms with Crippen LogP contribution in [-0.4, -0.2) is 24.7 Å². The number of aromatic nitrogens is 5. The van der Waals surface area contributed by atoms with E-state index in [1.54, 1.807) is 35.7 Å². The van der Waals surface area contributed by atoms with E-state index in [1.165, 1.54) is 23.9 Å². The molecule has 3 heterocycles. The fourth-order valence-electron chi connectivity index (χ4n) is 2.72. The van der Waals surface area contributed by atoms with Crippen LogP contribution in [0.4, 0.5) is 4.39 Å². The predicted octanol–water partition coefficient (Wildman–Crippen LogP) is 5.21. The van der Waals surface area contributed by atoms with E-state index in [9.17, 15) is 4.39 Å². The molecule has 1 aromatic carbocycles. The fourth-order valence-corrected chi connectivity index (χ4v) is 4.25. The van der Waals surface area contributed by atoms with Crippen molar-refractivity contribution < 1.29 is 9.13 Å². The number of benzene rings is 1. The quantitative estimate of drug-likeness (QED) is 0.406. The smallest absolute Gasteiger partial charge is 0.223 e. The molecule has 140 valence electrons. The Labute approximate surface area is 168 Å². The highest BCUT2D eigenvalue weighted by molar-refractivity contribution is 7.99. The topological polar surface area (TPSA) is 65.7 Å². The van der Waals surface area contributed by atoms with Crippen LogP contribution in [0.1, 0.15) is 18.9 Å². The maximum absolute atomic E-state index is 13.0. The third kappa shape index (κ3) is 3.63. The first-order chi connectivity index (χ1) is 13.8. The molecule has 0 amide bonds. The molecule has 0 bridgehead atoms. The van der Waals surface area contributed by atoms with Gasteiger partial charge in [-0.1, -0.05) is 6.07 Å². The molecule has 0 spiro atoms. The first kappa shape index (κ1) is 17.3. The number of nitrogens with zero attached hydrogens (tertiary/aromatic N) is 5. The lowest BCUT2D eigenvalue weighted by Crippen LogP contribution is -1.99. The van der Waals surface area contributed by atoms with Crippen molar-refractivity contribution in [3.63, 3.8) is 0 Å². The Balaban J connectivity index is 1.40. The van der Waals surface area contributed by atoms with E-state index in [4.69, 9.17) is 4.74 Å². The molecule has 1 fully saturated rings. The Kier molecular flexibility index (Phi) is 4.53. The summed E-state index contributed by atoms with van der Waals surface area (Å²) in [6.07, 6.45) is 3.88. The SMILES string of the molecule is Fc1ccc(Oc2ccnc(Sc3nnc(-c4cccs4)n3C3CC3)n2)cc1. The first-order valence-corrected chi connectivity index (χ1v) is 10.4. The molecule has 0 atom stereocenters. The fraction of sp³-hybridized carbons (Fsp3) is 0.158. The van der Waals surface area contributed by atoms with Crippen molar-refractivity contribution in [3.05, 3.63) is 59.9 Å². The van der Waals surface area contributed by atoms with Crippen molar-refractivity contribution in [2.75, 3.05) is 0 Å². The van der Waals surface area contributed by atoms with Gasteiger partial charge in [-0.25, -0.2) is 9.37 Å². The van der Waals surface area contributed by atoms with Crippen LogP contribution in [0.15, 0.2) is 64.4 Å². The van der Waals surface area contributed by atoms with Gasteiger partial charge in [-0.2, -0.15) is 4.98 Å². The second kappa shape index (κ2) is 7.33. The summed E-state index contributed by atoms with van der Waals surface area (Å²) in [6, 6.07) is 12.0. The molecule has 0 unspecified atom stereocenters. The summed E-state index contributed by atoms with van der Waals surface area (Å²) in [5.74, 6) is 1.48. The van der Waals surface area contributed by atoms with Crippen LogP contribution in [0.25, 0.3) is 10.7 Å². The van der Waals surface area contributed by atoms with E-state index in [0.29, 0.717) is 22.8 Å². The Morgan fingerprint density at radius 3 is 2.71 bits per heavy atom. The van der Waals surface area contributed by atoms with Gasteiger partial charge in [-0.15, -0.1) is 21.5 Å². The molecule has 1 aliphatic carbocycles. The van der Waals surface area contributed by atoms with Crippen LogP contribution < -0.4 is 4.74 Å². The zero-order chi connectivity index (χ0) is 18.9. The second-order valence-electron chi connectivity index (χ2n) is 6.22. The average Bonchev–Trinajstić information content (AvgIpc) is 3.23. The monoisotopic (exact) mass is 411 g/mol. The molecule has 4 aromatic rings. The van der Waals surface area contributed by atoms with Crippen molar-refractivity contribution in [1.29, 1.82) is 0 Å². The standard InChI is InChI=1S/C19H14FN5OS2/c20-12-3-7-14(8-4-12)26-16-9-10-21-18(22-16)28-19-24-23-17(15-2-1-11-27-15)25(19)13-5-6-13/h1-4,7-11,13H,5-6H2. The highest BCUT2D eigenvalue weighted by Gasteiger charge is 2.31. The van der Waals surface area contributed by atoms with E-state index in [0.717, 1.165) is 28.7 Å². The molecule has 3 aromatic heterocycles. The van der Waals surface area contributed by atoms with Crippen LogP contribution in [0, 0.1) is 5.82 Å². The lowest BCUT2D eigenvalue weighted by atomic mass is 10.3. The largest absolute Gasteiger partial charge is 0.439 e. The summed E-state index contributed by atoms with van der Waals surface area (Å²) in [4.78, 5) is 9.85. The molecular weight excluding hydrogens is 397 g/mol. The highest BCUT2D eigenvalue weighted by Crippen LogP contribution is 2.42. The molecule has 1 aliphatic rings. The van der Waals surface area contributed by atoms with Crippen LogP contribution in [0.3, 0.4) is 0 Å². The molecule has 0 aliphatic heterocycles. The van der Waals surface area contributed by atoms with Crippen molar-refractivity contribution in [2.24, 2.45) is 0 Å². The Bertz CT molecular complexity index is 1090. The average molecular weight is 411 g/mol. The van der Waals surface area contributed by atoms with Gasteiger partial charge in [-0.05, 0) is 60.3 Å². The van der Waals surface area contributed by atoms with Crippen molar-refractivity contribution in [1.82, 2.24) is 24.7 Å². The minimum Gasteiger partial charge on any atom is -0.439 e. The van der Waals surface area contributed by atoms with Crippen LogP contribution in [0.5, 0.6) is 11.6 Å². The summed E-state index contributed by atoms with van der Waals surface area (Å²) < 4.78 is 20.9. The number of thiophene rings is 1. The normalized spacial score (nSPS) is 13.6. The summed E-state index contributed by atoms with van der Waals surface area (Å²) in [6.45, 7) is 0. The van der Waals surface area contributed by atoms with Gasteiger partial charge in [0.15, 0.2) is 16.1 Å². The van der Waals surface area contributed by atoms with E-state index < -0.39 is 0 Å². The van der Waals surface area contributed by atoms with E-state index in [1.807, 2.05) is 11.4 Å². The molecule has 0 radical (unpaired) electrons. The molecule has 0 N–H and O–H groups in total. The molecule has 0 saturated heterocycles. The Hall–Kier alpha value is -2.78. The number of hydrogen-bond donors (Lipinski definition) is 0. The maximum Gasteiger partial charge on any atom is 0.223 e. The zero-order valence-corrected chi connectivity index (χ0v) is 16.2. The Morgan fingerprint density at radius 2 is 1.96 bits per heavy atom. The van der Waals surface area contributed by atoms with Gasteiger partial charge < -0.3 is 4.74 Å². The van der Waals surface area contributed by atoms with Crippen molar-refractivity contribution in [2.45, 2.75) is 29.2 Å². The third-order valence-corrected chi connectivity index (χ3v) is 5.85. The molecule has 1 saturated carbocycles. The second-order valence-corrected chi connectivity index (χ2v) is 8.10. The zero-order valence-electron chi connectivity index (χ0n) is 14.5. The van der Waals surface area contributed by atoms with Crippen LogP contribution >= 0.6 is 23.1 Å². The molecule has 28 heavy (non-hydrogen) atoms. The van der Waals surface area contributed by atoms with Crippen LogP contribution in [-0.2, 0) is 0 Å². The minimum atomic E-state index is -0.313. The van der Waals surface area contributed by atoms with Gasteiger partial charge in [0, 0.05) is 18.3 Å². The summed E-state index contributed by atoms with van der Waals surface area (Å²) in [5, 5.41) is 12.1. The molecular formula is C19H14FN5OS2. The van der Waals surface area contributed by atoms with Gasteiger partial charge in [0.05, 0.1) is 4.88 Å². The van der Waals surface area contributed by atoms with E-state index >= 15 is 0 Å². The lowest BCUT2D eigenvalue weighted by molar-refractivity contribution is 0.454. The summed E-state index contributed by atoms with van der Waals surface area (Å²) in [5.41, 5.74) is 0. The predicted molar refractivity (Wildman–Crippen MR) is 104 cm³/mol. The van der Waals surface area contributed by atoms with Crippen molar-refractivity contribution in [3.8, 4) is 22.3 Å². The molecule has 9 heteroatoms. The van der Waals surface area contributed by atoms with Gasteiger partial charge in [0.25, 0.3) is 0 Å². The molecule has 6 nitrogen and oxygen atoms in total. The number of rotatable bonds is 6. The number of hydrogen-bond acceptors (Lipinski definition) is 7. The van der Waals surface area contributed by atoms with Crippen molar-refractivity contribution >= 4 is 23.1 Å². The number of ether oxygens (including phenoxy) is 1. The highest BCUT2D eigenvalue weighted by atomic mass is 32.2. The van der Waals surface area contributed by atoms with E-state index in [-0.39, 0.29) is 5.82 Å². The third-order valence-electron chi connectivity index (χ3n) is 4.14. The first-order valence-electron chi connectivity index (χ1n) is 8.69. The maximum atomic E-state index is 13.0. The summed E-state index contributed by atoms with van der Waals surface area (Å²) in [7, 11) is 0. The minimum absolute atomic E-state index is 0.313. The van der Waals surface area contributed by atoms with Gasteiger partial charge in [-0.3, -0.25) is 4.57 Å². The van der Waals surface area contributed by atoms with E-state index in [2.05, 4.69) is 30.8 Å². The van der Waals surface area contributed by atoms with Gasteiger partial charge in [0.2, 0.25) is 5.88 Å².